The van der Waals surface area contributed by atoms with Crippen molar-refractivity contribution in [3.63, 3.8) is 0 Å². The molecular weight excluding hydrogens is 332 g/mol. The summed E-state index contributed by atoms with van der Waals surface area (Å²) in [6, 6.07) is 14.1. The Morgan fingerprint density at radius 2 is 1.73 bits per heavy atom. The molecule has 1 fully saturated rings. The highest BCUT2D eigenvalue weighted by Crippen LogP contribution is 2.45. The van der Waals surface area contributed by atoms with Gasteiger partial charge in [-0.3, -0.25) is 0 Å². The molecule has 4 rings (SSSR count). The van der Waals surface area contributed by atoms with Crippen LogP contribution in [0, 0.1) is 0 Å². The van der Waals surface area contributed by atoms with Crippen LogP contribution in [0.5, 0.6) is 0 Å². The van der Waals surface area contributed by atoms with Crippen molar-refractivity contribution in [1.29, 1.82) is 0 Å². The molecule has 2 aliphatic rings. The van der Waals surface area contributed by atoms with Crippen LogP contribution >= 0.6 is 0 Å². The Hall–Kier alpha value is -1.76. The number of ether oxygens (including phenoxy) is 2. The van der Waals surface area contributed by atoms with Gasteiger partial charge in [0.1, 0.15) is 0 Å². The standard InChI is InChI=1S/C21H24O5/c22-11-15-3-1-14(2-4-15)7-16-5-6-17-13-25-21(20(17)8-16)10-18(24)9-19(12-23)26-21/h1-6,8,18-19,22-24H,7,9-13H2/t18-,19-,21+/m0/s1. The van der Waals surface area contributed by atoms with Crippen LogP contribution in [-0.2, 0) is 34.9 Å². The molecule has 2 aliphatic heterocycles. The Bertz CT molecular complexity index is 772. The molecule has 2 aromatic carbocycles. The van der Waals surface area contributed by atoms with Crippen molar-refractivity contribution in [3.8, 4) is 0 Å². The van der Waals surface area contributed by atoms with E-state index in [9.17, 15) is 10.2 Å². The van der Waals surface area contributed by atoms with Gasteiger partial charge in [0.15, 0.2) is 5.79 Å². The van der Waals surface area contributed by atoms with Crippen molar-refractivity contribution in [2.45, 2.75) is 50.5 Å². The van der Waals surface area contributed by atoms with E-state index in [0.29, 0.717) is 19.4 Å². The quantitative estimate of drug-likeness (QED) is 0.781. The molecule has 5 nitrogen and oxygen atoms in total. The van der Waals surface area contributed by atoms with Gasteiger partial charge < -0.3 is 24.8 Å². The lowest BCUT2D eigenvalue weighted by Crippen LogP contribution is -2.45. The monoisotopic (exact) mass is 356 g/mol. The predicted octanol–water partition coefficient (Wildman–Crippen LogP) is 1.98. The number of benzene rings is 2. The summed E-state index contributed by atoms with van der Waals surface area (Å²) in [5.41, 5.74) is 5.21. The normalized spacial score (nSPS) is 27.7. The molecule has 2 aromatic rings. The van der Waals surface area contributed by atoms with E-state index in [2.05, 4.69) is 18.2 Å². The Balaban J connectivity index is 1.61. The van der Waals surface area contributed by atoms with Crippen LogP contribution in [0.1, 0.15) is 40.7 Å². The highest BCUT2D eigenvalue weighted by atomic mass is 16.7. The Morgan fingerprint density at radius 3 is 2.46 bits per heavy atom. The van der Waals surface area contributed by atoms with E-state index in [1.54, 1.807) is 0 Å². The maximum Gasteiger partial charge on any atom is 0.198 e. The molecular formula is C21H24O5. The van der Waals surface area contributed by atoms with Gasteiger partial charge in [0.25, 0.3) is 0 Å². The molecule has 2 heterocycles. The maximum absolute atomic E-state index is 10.2. The molecule has 0 saturated carbocycles. The minimum Gasteiger partial charge on any atom is -0.394 e. The molecule has 3 atom stereocenters. The molecule has 0 radical (unpaired) electrons. The summed E-state index contributed by atoms with van der Waals surface area (Å²) in [5, 5.41) is 28.9. The Morgan fingerprint density at radius 1 is 1.00 bits per heavy atom. The predicted molar refractivity (Wildman–Crippen MR) is 95.3 cm³/mol. The average molecular weight is 356 g/mol. The zero-order valence-corrected chi connectivity index (χ0v) is 14.6. The second-order valence-corrected chi connectivity index (χ2v) is 7.20. The van der Waals surface area contributed by atoms with Crippen LogP contribution in [0.4, 0.5) is 0 Å². The highest BCUT2D eigenvalue weighted by Gasteiger charge is 2.48. The highest BCUT2D eigenvalue weighted by molar-refractivity contribution is 5.40. The van der Waals surface area contributed by atoms with E-state index in [1.165, 1.54) is 0 Å². The van der Waals surface area contributed by atoms with Gasteiger partial charge in [-0.15, -0.1) is 0 Å². The van der Waals surface area contributed by atoms with Gasteiger partial charge in [-0.2, -0.15) is 0 Å². The maximum atomic E-state index is 10.2. The number of fused-ring (bicyclic) bond motifs is 2. The zero-order chi connectivity index (χ0) is 18.1. The second kappa shape index (κ2) is 7.10. The summed E-state index contributed by atoms with van der Waals surface area (Å²) >= 11 is 0. The minimum absolute atomic E-state index is 0.0463. The first-order valence-electron chi connectivity index (χ1n) is 9.03. The summed E-state index contributed by atoms with van der Waals surface area (Å²) in [7, 11) is 0. The van der Waals surface area contributed by atoms with Crippen LogP contribution in [-0.4, -0.2) is 34.1 Å². The summed E-state index contributed by atoms with van der Waals surface area (Å²) in [6.45, 7) is 0.366. The van der Waals surface area contributed by atoms with Crippen molar-refractivity contribution in [2.24, 2.45) is 0 Å². The molecule has 5 heteroatoms. The first-order valence-corrected chi connectivity index (χ1v) is 9.03. The van der Waals surface area contributed by atoms with Crippen molar-refractivity contribution < 1.29 is 24.8 Å². The van der Waals surface area contributed by atoms with Gasteiger partial charge in [0, 0.05) is 18.4 Å². The van der Waals surface area contributed by atoms with Crippen LogP contribution in [0.25, 0.3) is 0 Å². The molecule has 138 valence electrons. The van der Waals surface area contributed by atoms with Crippen LogP contribution in [0.15, 0.2) is 42.5 Å². The van der Waals surface area contributed by atoms with Gasteiger partial charge in [-0.1, -0.05) is 36.4 Å². The van der Waals surface area contributed by atoms with Crippen molar-refractivity contribution in [1.82, 2.24) is 0 Å². The molecule has 0 unspecified atom stereocenters. The van der Waals surface area contributed by atoms with Crippen molar-refractivity contribution in [2.75, 3.05) is 6.61 Å². The fraction of sp³-hybridized carbons (Fsp3) is 0.429. The average Bonchev–Trinajstić information content (AvgIpc) is 2.99. The second-order valence-electron chi connectivity index (χ2n) is 7.20. The number of aliphatic hydroxyl groups excluding tert-OH is 3. The molecule has 1 saturated heterocycles. The Kier molecular flexibility index (Phi) is 4.82. The number of aliphatic hydroxyl groups is 3. The van der Waals surface area contributed by atoms with Gasteiger partial charge in [0.05, 0.1) is 32.0 Å². The van der Waals surface area contributed by atoms with E-state index in [0.717, 1.165) is 34.2 Å². The van der Waals surface area contributed by atoms with E-state index in [1.807, 2.05) is 24.3 Å². The van der Waals surface area contributed by atoms with Crippen LogP contribution in [0.2, 0.25) is 0 Å². The van der Waals surface area contributed by atoms with Crippen LogP contribution in [0.3, 0.4) is 0 Å². The van der Waals surface area contributed by atoms with Crippen molar-refractivity contribution in [3.05, 3.63) is 70.3 Å². The minimum atomic E-state index is -0.961. The van der Waals surface area contributed by atoms with Crippen molar-refractivity contribution >= 4 is 0 Å². The number of rotatable bonds is 4. The van der Waals surface area contributed by atoms with E-state index in [4.69, 9.17) is 14.6 Å². The molecule has 0 aliphatic carbocycles. The third kappa shape index (κ3) is 3.29. The van der Waals surface area contributed by atoms with Crippen LogP contribution < -0.4 is 0 Å². The molecule has 1 spiro atoms. The lowest BCUT2D eigenvalue weighted by Gasteiger charge is -2.40. The summed E-state index contributed by atoms with van der Waals surface area (Å²) in [5.74, 6) is -0.961. The van der Waals surface area contributed by atoms with Gasteiger partial charge >= 0.3 is 0 Å². The lowest BCUT2D eigenvalue weighted by atomic mass is 9.90. The van der Waals surface area contributed by atoms with E-state index >= 15 is 0 Å². The van der Waals surface area contributed by atoms with Gasteiger partial charge in [-0.05, 0) is 34.7 Å². The summed E-state index contributed by atoms with van der Waals surface area (Å²) in [4.78, 5) is 0. The fourth-order valence-corrected chi connectivity index (χ4v) is 3.92. The third-order valence-corrected chi connectivity index (χ3v) is 5.26. The molecule has 0 aromatic heterocycles. The number of hydrogen-bond donors (Lipinski definition) is 3. The topological polar surface area (TPSA) is 79.2 Å². The number of hydrogen-bond acceptors (Lipinski definition) is 5. The van der Waals surface area contributed by atoms with Gasteiger partial charge in [0.2, 0.25) is 0 Å². The zero-order valence-electron chi connectivity index (χ0n) is 14.6. The molecule has 0 amide bonds. The Labute approximate surface area is 152 Å². The fourth-order valence-electron chi connectivity index (χ4n) is 3.92. The first-order chi connectivity index (χ1) is 12.6. The van der Waals surface area contributed by atoms with E-state index in [-0.39, 0.29) is 13.2 Å². The van der Waals surface area contributed by atoms with E-state index < -0.39 is 18.0 Å². The summed E-state index contributed by atoms with van der Waals surface area (Å²) < 4.78 is 12.0. The summed E-state index contributed by atoms with van der Waals surface area (Å²) in [6.07, 6.45) is 0.598. The largest absolute Gasteiger partial charge is 0.394 e. The SMILES string of the molecule is OCc1ccc(Cc2ccc3c(c2)[C@]2(C[C@@H](O)C[C@@H](CO)O2)OC3)cc1. The first kappa shape index (κ1) is 17.6. The third-order valence-electron chi connectivity index (χ3n) is 5.26. The molecule has 3 N–H and O–H groups in total. The molecule has 0 bridgehead atoms. The van der Waals surface area contributed by atoms with Gasteiger partial charge in [-0.25, -0.2) is 0 Å². The lowest BCUT2D eigenvalue weighted by molar-refractivity contribution is -0.302. The molecule has 26 heavy (non-hydrogen) atoms. The smallest absolute Gasteiger partial charge is 0.198 e.